The minimum absolute atomic E-state index is 0.0958. The molecule has 1 fully saturated rings. The van der Waals surface area contributed by atoms with Gasteiger partial charge in [0.2, 0.25) is 0 Å². The van der Waals surface area contributed by atoms with Crippen LogP contribution in [0, 0.1) is 16.0 Å². The van der Waals surface area contributed by atoms with Crippen molar-refractivity contribution in [2.45, 2.75) is 12.8 Å². The largest absolute Gasteiger partial charge is 0.352 e. The van der Waals surface area contributed by atoms with Gasteiger partial charge < -0.3 is 10.6 Å². The first-order chi connectivity index (χ1) is 9.58. The van der Waals surface area contributed by atoms with Gasteiger partial charge in [-0.15, -0.1) is 0 Å². The number of halogens is 1. The van der Waals surface area contributed by atoms with Gasteiger partial charge >= 0.3 is 0 Å². The van der Waals surface area contributed by atoms with Crippen LogP contribution in [-0.2, 0) is 0 Å². The molecule has 0 bridgehead atoms. The van der Waals surface area contributed by atoms with E-state index in [-0.39, 0.29) is 22.2 Å². The highest BCUT2D eigenvalue weighted by Gasteiger charge is 2.17. The van der Waals surface area contributed by atoms with Crippen LogP contribution in [0.25, 0.3) is 0 Å². The Morgan fingerprint density at radius 3 is 2.95 bits per heavy atom. The maximum Gasteiger partial charge on any atom is 0.270 e. The van der Waals surface area contributed by atoms with Crippen molar-refractivity contribution >= 4 is 23.2 Å². The van der Waals surface area contributed by atoms with Crippen molar-refractivity contribution in [1.29, 1.82) is 0 Å². The summed E-state index contributed by atoms with van der Waals surface area (Å²) < 4.78 is 0. The molecular weight excluding hydrogens is 282 g/mol. The topological polar surface area (TPSA) is 84.3 Å². The van der Waals surface area contributed by atoms with Crippen LogP contribution in [0.4, 0.5) is 5.69 Å². The van der Waals surface area contributed by atoms with E-state index in [1.165, 1.54) is 18.2 Å². The molecule has 2 rings (SSSR count). The van der Waals surface area contributed by atoms with Gasteiger partial charge in [0.05, 0.1) is 15.5 Å². The van der Waals surface area contributed by atoms with Crippen LogP contribution in [-0.4, -0.2) is 30.5 Å². The average molecular weight is 298 g/mol. The van der Waals surface area contributed by atoms with E-state index in [0.717, 1.165) is 25.9 Å². The number of hydrogen-bond acceptors (Lipinski definition) is 4. The standard InChI is InChI=1S/C13H16ClN3O3/c14-12-6-10(17(19)20)3-4-11(12)13(18)16-8-9-2-1-5-15-7-9/h3-4,6,9,15H,1-2,5,7-8H2,(H,16,18)/t9-/m0/s1. The van der Waals surface area contributed by atoms with Crippen LogP contribution >= 0.6 is 11.6 Å². The van der Waals surface area contributed by atoms with Crippen molar-refractivity contribution in [1.82, 2.24) is 10.6 Å². The number of piperidine rings is 1. The summed E-state index contributed by atoms with van der Waals surface area (Å²) in [4.78, 5) is 22.1. The highest BCUT2D eigenvalue weighted by Crippen LogP contribution is 2.22. The maximum atomic E-state index is 12.0. The number of nitro benzene ring substituents is 1. The molecule has 0 spiro atoms. The number of amides is 1. The lowest BCUT2D eigenvalue weighted by atomic mass is 9.99. The Morgan fingerprint density at radius 2 is 2.35 bits per heavy atom. The number of rotatable bonds is 4. The molecule has 0 aliphatic carbocycles. The van der Waals surface area contributed by atoms with Gasteiger partial charge in [-0.1, -0.05) is 11.6 Å². The molecule has 0 saturated carbocycles. The summed E-state index contributed by atoms with van der Waals surface area (Å²) in [6, 6.07) is 3.86. The van der Waals surface area contributed by atoms with Crippen LogP contribution < -0.4 is 10.6 Å². The normalized spacial score (nSPS) is 18.6. The zero-order valence-corrected chi connectivity index (χ0v) is 11.7. The van der Waals surface area contributed by atoms with E-state index in [1.54, 1.807) is 0 Å². The molecule has 1 saturated heterocycles. The van der Waals surface area contributed by atoms with E-state index in [1.807, 2.05) is 0 Å². The number of hydrogen-bond donors (Lipinski definition) is 2. The molecule has 108 valence electrons. The summed E-state index contributed by atoms with van der Waals surface area (Å²) in [5.41, 5.74) is 0.143. The molecule has 0 unspecified atom stereocenters. The summed E-state index contributed by atoms with van der Waals surface area (Å²) in [5.74, 6) is 0.125. The minimum atomic E-state index is -0.540. The molecule has 20 heavy (non-hydrogen) atoms. The number of non-ortho nitro benzene ring substituents is 1. The van der Waals surface area contributed by atoms with Crippen LogP contribution in [0.15, 0.2) is 18.2 Å². The second kappa shape index (κ2) is 6.67. The molecule has 1 amide bonds. The van der Waals surface area contributed by atoms with Crippen molar-refractivity contribution in [2.24, 2.45) is 5.92 Å². The lowest BCUT2D eigenvalue weighted by molar-refractivity contribution is -0.384. The van der Waals surface area contributed by atoms with Crippen molar-refractivity contribution < 1.29 is 9.72 Å². The van der Waals surface area contributed by atoms with Gasteiger partial charge in [0.25, 0.3) is 11.6 Å². The van der Waals surface area contributed by atoms with Gasteiger partial charge in [-0.05, 0) is 37.9 Å². The number of benzene rings is 1. The predicted molar refractivity (Wildman–Crippen MR) is 76.0 cm³/mol. The van der Waals surface area contributed by atoms with Crippen molar-refractivity contribution in [3.8, 4) is 0 Å². The fourth-order valence-electron chi connectivity index (χ4n) is 2.23. The molecule has 2 N–H and O–H groups in total. The Kier molecular flexibility index (Phi) is 4.92. The lowest BCUT2D eigenvalue weighted by Gasteiger charge is -2.22. The Hall–Kier alpha value is -1.66. The van der Waals surface area contributed by atoms with E-state index >= 15 is 0 Å². The second-order valence-corrected chi connectivity index (χ2v) is 5.25. The van der Waals surface area contributed by atoms with Gasteiger partial charge in [0.15, 0.2) is 0 Å². The smallest absolute Gasteiger partial charge is 0.270 e. The molecule has 1 aromatic rings. The third-order valence-corrected chi connectivity index (χ3v) is 3.67. The Balaban J connectivity index is 1.96. The molecule has 1 atom stereocenters. The second-order valence-electron chi connectivity index (χ2n) is 4.84. The Morgan fingerprint density at radius 1 is 1.55 bits per heavy atom. The zero-order valence-electron chi connectivity index (χ0n) is 10.9. The average Bonchev–Trinajstić information content (AvgIpc) is 2.45. The summed E-state index contributed by atoms with van der Waals surface area (Å²) >= 11 is 5.91. The molecule has 1 aromatic carbocycles. The van der Waals surface area contributed by atoms with Crippen molar-refractivity contribution in [2.75, 3.05) is 19.6 Å². The van der Waals surface area contributed by atoms with Crippen molar-refractivity contribution in [3.05, 3.63) is 38.9 Å². The SMILES string of the molecule is O=C(NC[C@H]1CCCNC1)c1ccc([N+](=O)[O-])cc1Cl. The number of nitro groups is 1. The van der Waals surface area contributed by atoms with E-state index in [2.05, 4.69) is 10.6 Å². The molecule has 6 nitrogen and oxygen atoms in total. The Labute approximate surface area is 121 Å². The number of carbonyl (C=O) groups excluding carboxylic acids is 1. The lowest BCUT2D eigenvalue weighted by Crippen LogP contribution is -2.38. The summed E-state index contributed by atoms with van der Waals surface area (Å²) in [7, 11) is 0. The van der Waals surface area contributed by atoms with Crippen LogP contribution in [0.2, 0.25) is 5.02 Å². The van der Waals surface area contributed by atoms with Gasteiger partial charge in [-0.2, -0.15) is 0 Å². The first-order valence-electron chi connectivity index (χ1n) is 6.51. The van der Waals surface area contributed by atoms with Crippen LogP contribution in [0.1, 0.15) is 23.2 Å². The fraction of sp³-hybridized carbons (Fsp3) is 0.462. The molecule has 0 radical (unpaired) electrons. The fourth-order valence-corrected chi connectivity index (χ4v) is 2.49. The quantitative estimate of drug-likeness (QED) is 0.657. The number of carbonyl (C=O) groups is 1. The van der Waals surface area contributed by atoms with E-state index in [0.29, 0.717) is 12.5 Å². The maximum absolute atomic E-state index is 12.0. The highest BCUT2D eigenvalue weighted by atomic mass is 35.5. The first kappa shape index (κ1) is 14.7. The molecule has 1 heterocycles. The minimum Gasteiger partial charge on any atom is -0.352 e. The highest BCUT2D eigenvalue weighted by molar-refractivity contribution is 6.34. The van der Waals surface area contributed by atoms with E-state index in [4.69, 9.17) is 11.6 Å². The van der Waals surface area contributed by atoms with E-state index < -0.39 is 4.92 Å². The summed E-state index contributed by atoms with van der Waals surface area (Å²) in [5, 5.41) is 16.8. The van der Waals surface area contributed by atoms with Crippen LogP contribution in [0.5, 0.6) is 0 Å². The monoisotopic (exact) mass is 297 g/mol. The number of nitrogens with zero attached hydrogens (tertiary/aromatic N) is 1. The third kappa shape index (κ3) is 3.68. The predicted octanol–water partition coefficient (Wildman–Crippen LogP) is 1.98. The third-order valence-electron chi connectivity index (χ3n) is 3.36. The zero-order chi connectivity index (χ0) is 14.5. The summed E-state index contributed by atoms with van der Waals surface area (Å²) in [6.07, 6.45) is 2.19. The van der Waals surface area contributed by atoms with E-state index in [9.17, 15) is 14.9 Å². The first-order valence-corrected chi connectivity index (χ1v) is 6.88. The van der Waals surface area contributed by atoms with Crippen LogP contribution in [0.3, 0.4) is 0 Å². The Bertz CT molecular complexity index is 516. The molecule has 1 aliphatic rings. The molecule has 7 heteroatoms. The van der Waals surface area contributed by atoms with Crippen molar-refractivity contribution in [3.63, 3.8) is 0 Å². The van der Waals surface area contributed by atoms with Gasteiger partial charge in [-0.3, -0.25) is 14.9 Å². The summed E-state index contributed by atoms with van der Waals surface area (Å²) in [6.45, 7) is 2.51. The van der Waals surface area contributed by atoms with Gasteiger partial charge in [0.1, 0.15) is 0 Å². The number of nitrogens with one attached hydrogen (secondary N) is 2. The molecule has 0 aromatic heterocycles. The molecule has 1 aliphatic heterocycles. The van der Waals surface area contributed by atoms with Gasteiger partial charge in [0, 0.05) is 18.7 Å². The van der Waals surface area contributed by atoms with Gasteiger partial charge in [-0.25, -0.2) is 0 Å². The molecular formula is C13H16ClN3O3.